The number of hydrogen-bond acceptors (Lipinski definition) is 1. The Labute approximate surface area is 99.3 Å². The van der Waals surface area contributed by atoms with Crippen LogP contribution in [0.5, 0.6) is 0 Å². The van der Waals surface area contributed by atoms with E-state index < -0.39 is 0 Å². The second-order valence-electron chi connectivity index (χ2n) is 5.21. The molecule has 1 saturated carbocycles. The van der Waals surface area contributed by atoms with Gasteiger partial charge in [-0.15, -0.1) is 0 Å². The molecule has 0 aromatic heterocycles. The lowest BCUT2D eigenvalue weighted by Gasteiger charge is -2.19. The highest BCUT2D eigenvalue weighted by molar-refractivity contribution is 5.30. The molecular formula is C15H23N. The van der Waals surface area contributed by atoms with Gasteiger partial charge in [0.1, 0.15) is 0 Å². The highest BCUT2D eigenvalue weighted by Crippen LogP contribution is 2.29. The fourth-order valence-electron chi connectivity index (χ4n) is 2.89. The Bertz CT molecular complexity index is 356. The van der Waals surface area contributed by atoms with Gasteiger partial charge in [0, 0.05) is 6.04 Å². The molecule has 1 fully saturated rings. The van der Waals surface area contributed by atoms with Crippen LogP contribution in [0.25, 0.3) is 0 Å². The van der Waals surface area contributed by atoms with E-state index in [9.17, 15) is 0 Å². The molecule has 1 aromatic carbocycles. The van der Waals surface area contributed by atoms with Gasteiger partial charge >= 0.3 is 0 Å². The summed E-state index contributed by atoms with van der Waals surface area (Å²) in [5.41, 5.74) is 4.34. The predicted molar refractivity (Wildman–Crippen MR) is 69.8 cm³/mol. The van der Waals surface area contributed by atoms with Crippen molar-refractivity contribution < 1.29 is 0 Å². The summed E-state index contributed by atoms with van der Waals surface area (Å²) in [6, 6.07) is 7.66. The zero-order valence-corrected chi connectivity index (χ0v) is 10.7. The van der Waals surface area contributed by atoms with E-state index in [4.69, 9.17) is 0 Å². The molecule has 0 heterocycles. The minimum absolute atomic E-state index is 0.738. The maximum absolute atomic E-state index is 3.46. The predicted octanol–water partition coefficient (Wildman–Crippen LogP) is 3.23. The van der Waals surface area contributed by atoms with Gasteiger partial charge in [-0.1, -0.05) is 24.6 Å². The Kier molecular flexibility index (Phi) is 3.65. The second kappa shape index (κ2) is 5.01. The zero-order valence-electron chi connectivity index (χ0n) is 10.7. The van der Waals surface area contributed by atoms with Crippen LogP contribution in [0, 0.1) is 19.8 Å². The van der Waals surface area contributed by atoms with E-state index in [1.54, 1.807) is 0 Å². The Morgan fingerprint density at radius 2 is 2.00 bits per heavy atom. The van der Waals surface area contributed by atoms with Gasteiger partial charge < -0.3 is 5.32 Å². The monoisotopic (exact) mass is 217 g/mol. The maximum atomic E-state index is 3.46. The van der Waals surface area contributed by atoms with Crippen molar-refractivity contribution in [1.29, 1.82) is 0 Å². The second-order valence-corrected chi connectivity index (χ2v) is 5.21. The van der Waals surface area contributed by atoms with E-state index in [2.05, 4.69) is 44.4 Å². The molecule has 0 bridgehead atoms. The van der Waals surface area contributed by atoms with E-state index in [1.807, 2.05) is 0 Å². The molecule has 0 saturated heterocycles. The SMILES string of the molecule is CNC1CCCC1Cc1ccc(C)c(C)c1. The minimum Gasteiger partial charge on any atom is -0.317 e. The van der Waals surface area contributed by atoms with Gasteiger partial charge in [0.05, 0.1) is 0 Å². The normalized spacial score (nSPS) is 24.9. The maximum Gasteiger partial charge on any atom is 0.00955 e. The molecule has 2 unspecified atom stereocenters. The number of rotatable bonds is 3. The summed E-state index contributed by atoms with van der Waals surface area (Å²) in [5, 5.41) is 3.46. The first-order valence-electron chi connectivity index (χ1n) is 6.44. The van der Waals surface area contributed by atoms with Gasteiger partial charge in [-0.25, -0.2) is 0 Å². The van der Waals surface area contributed by atoms with Gasteiger partial charge in [0.15, 0.2) is 0 Å². The molecule has 1 N–H and O–H groups in total. The van der Waals surface area contributed by atoms with Crippen LogP contribution < -0.4 is 5.32 Å². The summed E-state index contributed by atoms with van der Waals surface area (Å²) in [4.78, 5) is 0. The number of aryl methyl sites for hydroxylation is 2. The summed E-state index contributed by atoms with van der Waals surface area (Å²) in [7, 11) is 2.10. The van der Waals surface area contributed by atoms with Crippen molar-refractivity contribution in [2.24, 2.45) is 5.92 Å². The van der Waals surface area contributed by atoms with Crippen LogP contribution in [0.3, 0.4) is 0 Å². The topological polar surface area (TPSA) is 12.0 Å². The fourth-order valence-corrected chi connectivity index (χ4v) is 2.89. The summed E-state index contributed by atoms with van der Waals surface area (Å²) < 4.78 is 0. The van der Waals surface area contributed by atoms with Gasteiger partial charge in [-0.05, 0) is 62.8 Å². The van der Waals surface area contributed by atoms with Crippen molar-refractivity contribution in [2.75, 3.05) is 7.05 Å². The molecule has 0 amide bonds. The average Bonchev–Trinajstić information content (AvgIpc) is 2.71. The van der Waals surface area contributed by atoms with E-state index in [1.165, 1.54) is 42.4 Å². The first-order valence-corrected chi connectivity index (χ1v) is 6.44. The smallest absolute Gasteiger partial charge is 0.00955 e. The molecule has 88 valence electrons. The Morgan fingerprint density at radius 3 is 2.69 bits per heavy atom. The number of hydrogen-bond donors (Lipinski definition) is 1. The van der Waals surface area contributed by atoms with Gasteiger partial charge in [0.25, 0.3) is 0 Å². The van der Waals surface area contributed by atoms with Crippen molar-refractivity contribution in [3.8, 4) is 0 Å². The van der Waals surface area contributed by atoms with Gasteiger partial charge in [-0.3, -0.25) is 0 Å². The van der Waals surface area contributed by atoms with Crippen LogP contribution >= 0.6 is 0 Å². The van der Waals surface area contributed by atoms with E-state index in [-0.39, 0.29) is 0 Å². The molecule has 16 heavy (non-hydrogen) atoms. The fraction of sp³-hybridized carbons (Fsp3) is 0.600. The van der Waals surface area contributed by atoms with Crippen LogP contribution in [0.4, 0.5) is 0 Å². The Morgan fingerprint density at radius 1 is 1.19 bits per heavy atom. The molecule has 0 aliphatic heterocycles. The first-order chi connectivity index (χ1) is 7.70. The summed E-state index contributed by atoms with van der Waals surface area (Å²) in [6.07, 6.45) is 5.37. The highest BCUT2D eigenvalue weighted by atomic mass is 14.9. The molecule has 1 heteroatoms. The van der Waals surface area contributed by atoms with Crippen molar-refractivity contribution in [1.82, 2.24) is 5.32 Å². The lowest BCUT2D eigenvalue weighted by molar-refractivity contribution is 0.423. The molecule has 0 spiro atoms. The zero-order chi connectivity index (χ0) is 11.5. The van der Waals surface area contributed by atoms with Gasteiger partial charge in [-0.2, -0.15) is 0 Å². The third-order valence-corrected chi connectivity index (χ3v) is 4.10. The first kappa shape index (κ1) is 11.7. The number of nitrogens with one attached hydrogen (secondary N) is 1. The van der Waals surface area contributed by atoms with Crippen LogP contribution in [-0.4, -0.2) is 13.1 Å². The van der Waals surface area contributed by atoms with E-state index >= 15 is 0 Å². The molecule has 0 radical (unpaired) electrons. The van der Waals surface area contributed by atoms with E-state index in [0.717, 1.165) is 12.0 Å². The summed E-state index contributed by atoms with van der Waals surface area (Å²) in [5.74, 6) is 0.840. The third-order valence-electron chi connectivity index (χ3n) is 4.10. The third kappa shape index (κ3) is 2.46. The highest BCUT2D eigenvalue weighted by Gasteiger charge is 2.25. The standard InChI is InChI=1S/C15H23N/c1-11-7-8-13(9-12(11)2)10-14-5-4-6-15(14)16-3/h7-9,14-16H,4-6,10H2,1-3H3. The van der Waals surface area contributed by atoms with Crippen LogP contribution in [0.2, 0.25) is 0 Å². The van der Waals surface area contributed by atoms with Crippen molar-refractivity contribution in [3.63, 3.8) is 0 Å². The van der Waals surface area contributed by atoms with Crippen LogP contribution in [0.15, 0.2) is 18.2 Å². The molecule has 1 aromatic rings. The Balaban J connectivity index is 2.05. The van der Waals surface area contributed by atoms with Crippen molar-refractivity contribution >= 4 is 0 Å². The molecule has 2 atom stereocenters. The lowest BCUT2D eigenvalue weighted by Crippen LogP contribution is -2.30. The number of benzene rings is 1. The van der Waals surface area contributed by atoms with Gasteiger partial charge in [0.2, 0.25) is 0 Å². The quantitative estimate of drug-likeness (QED) is 0.819. The molecular weight excluding hydrogens is 194 g/mol. The summed E-state index contributed by atoms with van der Waals surface area (Å²) >= 11 is 0. The average molecular weight is 217 g/mol. The molecule has 1 aliphatic carbocycles. The van der Waals surface area contributed by atoms with Crippen LogP contribution in [0.1, 0.15) is 36.0 Å². The lowest BCUT2D eigenvalue weighted by atomic mass is 9.93. The molecule has 1 aliphatic rings. The Hall–Kier alpha value is -0.820. The summed E-state index contributed by atoms with van der Waals surface area (Å²) in [6.45, 7) is 4.40. The minimum atomic E-state index is 0.738. The molecule has 1 nitrogen and oxygen atoms in total. The van der Waals surface area contributed by atoms with Crippen molar-refractivity contribution in [3.05, 3.63) is 34.9 Å². The largest absolute Gasteiger partial charge is 0.317 e. The van der Waals surface area contributed by atoms with Crippen LogP contribution in [-0.2, 0) is 6.42 Å². The molecule has 2 rings (SSSR count). The van der Waals surface area contributed by atoms with E-state index in [0.29, 0.717) is 0 Å². The van der Waals surface area contributed by atoms with Crippen molar-refractivity contribution in [2.45, 2.75) is 45.6 Å².